The number of amides is 2. The van der Waals surface area contributed by atoms with E-state index in [0.717, 1.165) is 18.5 Å². The first-order valence-electron chi connectivity index (χ1n) is 12.7. The number of nitrogens with zero attached hydrogens (tertiary/aromatic N) is 2. The number of halogens is 2. The van der Waals surface area contributed by atoms with Crippen LogP contribution in [0.25, 0.3) is 0 Å². The van der Waals surface area contributed by atoms with E-state index >= 15 is 0 Å². The van der Waals surface area contributed by atoms with E-state index in [1.54, 1.807) is 41.4 Å². The van der Waals surface area contributed by atoms with E-state index in [9.17, 15) is 14.7 Å². The van der Waals surface area contributed by atoms with Gasteiger partial charge in [0.2, 0.25) is 5.91 Å². The Labute approximate surface area is 226 Å². The standard InChI is InChI=1S/C29H29Cl2N3O3/c30-18-12-13-22(23(31)17-18)27-26(28(36)33-16-14-19-7-5-6-15-32-19)20-8-1-2-9-21(20)29(37)34(27)24-10-3-4-11-25(24)35/h1-2,5-9,12-13,15,17,24-27,35H,3-4,10-11,14,16H2,(H,33,36)/t24-,25-,26+,27-/m0/s1. The van der Waals surface area contributed by atoms with Crippen molar-refractivity contribution in [3.8, 4) is 0 Å². The van der Waals surface area contributed by atoms with Crippen LogP contribution in [0.2, 0.25) is 10.0 Å². The van der Waals surface area contributed by atoms with Gasteiger partial charge >= 0.3 is 0 Å². The number of fused-ring (bicyclic) bond motifs is 1. The minimum absolute atomic E-state index is 0.199. The van der Waals surface area contributed by atoms with Crippen molar-refractivity contribution in [2.24, 2.45) is 0 Å². The molecule has 2 heterocycles. The van der Waals surface area contributed by atoms with E-state index in [1.807, 2.05) is 30.3 Å². The van der Waals surface area contributed by atoms with Crippen LogP contribution in [0.1, 0.15) is 64.8 Å². The summed E-state index contributed by atoms with van der Waals surface area (Å²) < 4.78 is 0. The summed E-state index contributed by atoms with van der Waals surface area (Å²) >= 11 is 12.9. The second-order valence-corrected chi connectivity index (χ2v) is 10.5. The van der Waals surface area contributed by atoms with Gasteiger partial charge < -0.3 is 15.3 Å². The maximum absolute atomic E-state index is 14.0. The molecule has 2 aliphatic rings. The highest BCUT2D eigenvalue weighted by Gasteiger charge is 2.48. The van der Waals surface area contributed by atoms with Crippen LogP contribution in [0.15, 0.2) is 66.9 Å². The normalized spacial score (nSPS) is 23.4. The first-order valence-corrected chi connectivity index (χ1v) is 13.4. The Morgan fingerprint density at radius 3 is 2.57 bits per heavy atom. The lowest BCUT2D eigenvalue weighted by Crippen LogP contribution is -2.55. The van der Waals surface area contributed by atoms with Gasteiger partial charge in [0.1, 0.15) is 0 Å². The van der Waals surface area contributed by atoms with Crippen molar-refractivity contribution in [3.63, 3.8) is 0 Å². The summed E-state index contributed by atoms with van der Waals surface area (Å²) in [6, 6.07) is 16.9. The Balaban J connectivity index is 1.57. The van der Waals surface area contributed by atoms with Crippen molar-refractivity contribution < 1.29 is 14.7 Å². The summed E-state index contributed by atoms with van der Waals surface area (Å²) in [5.41, 5.74) is 2.65. The third-order valence-electron chi connectivity index (χ3n) is 7.40. The van der Waals surface area contributed by atoms with Gasteiger partial charge in [-0.1, -0.05) is 66.4 Å². The molecule has 0 unspecified atom stereocenters. The molecule has 5 rings (SSSR count). The summed E-state index contributed by atoms with van der Waals surface area (Å²) in [6.07, 6.45) is 4.70. The van der Waals surface area contributed by atoms with Gasteiger partial charge in [0.05, 0.1) is 24.1 Å². The number of benzene rings is 2. The molecule has 0 bridgehead atoms. The fraction of sp³-hybridized carbons (Fsp3) is 0.345. The predicted octanol–water partition coefficient (Wildman–Crippen LogP) is 5.33. The van der Waals surface area contributed by atoms with E-state index in [0.29, 0.717) is 52.5 Å². The molecule has 37 heavy (non-hydrogen) atoms. The smallest absolute Gasteiger partial charge is 0.255 e. The van der Waals surface area contributed by atoms with Gasteiger partial charge in [-0.15, -0.1) is 0 Å². The third kappa shape index (κ3) is 5.24. The number of aromatic nitrogens is 1. The number of pyridine rings is 1. The highest BCUT2D eigenvalue weighted by molar-refractivity contribution is 6.35. The quantitative estimate of drug-likeness (QED) is 0.445. The number of aliphatic hydroxyl groups is 1. The van der Waals surface area contributed by atoms with Crippen LogP contribution in [0.5, 0.6) is 0 Å². The summed E-state index contributed by atoms with van der Waals surface area (Å²) in [5, 5.41) is 14.9. The Morgan fingerprint density at radius 1 is 1.03 bits per heavy atom. The minimum atomic E-state index is -0.717. The molecule has 0 radical (unpaired) electrons. The topological polar surface area (TPSA) is 82.5 Å². The molecule has 192 valence electrons. The maximum Gasteiger partial charge on any atom is 0.255 e. The van der Waals surface area contributed by atoms with E-state index in [-0.39, 0.29) is 11.8 Å². The number of nitrogens with one attached hydrogen (secondary N) is 1. The second kappa shape index (κ2) is 11.2. The van der Waals surface area contributed by atoms with Crippen LogP contribution in [0, 0.1) is 0 Å². The fourth-order valence-corrected chi connectivity index (χ4v) is 6.18. The molecule has 2 aromatic carbocycles. The van der Waals surface area contributed by atoms with E-state index in [4.69, 9.17) is 23.2 Å². The molecule has 1 saturated carbocycles. The lowest BCUT2D eigenvalue weighted by atomic mass is 9.76. The molecular weight excluding hydrogens is 509 g/mol. The molecule has 1 fully saturated rings. The molecule has 2 amide bonds. The van der Waals surface area contributed by atoms with E-state index < -0.39 is 24.1 Å². The molecule has 6 nitrogen and oxygen atoms in total. The Morgan fingerprint density at radius 2 is 1.81 bits per heavy atom. The lowest BCUT2D eigenvalue weighted by Gasteiger charge is -2.48. The molecule has 1 aliphatic carbocycles. The summed E-state index contributed by atoms with van der Waals surface area (Å²) in [4.78, 5) is 34.0. The average Bonchev–Trinajstić information content (AvgIpc) is 2.90. The monoisotopic (exact) mass is 537 g/mol. The van der Waals surface area contributed by atoms with Crippen LogP contribution in [-0.2, 0) is 11.2 Å². The zero-order chi connectivity index (χ0) is 25.9. The SMILES string of the molecule is O=C(NCCc1ccccn1)[C@@H]1c2ccccc2C(=O)N([C@H]2CCCC[C@@H]2O)[C@H]1c1ccc(Cl)cc1Cl. The van der Waals surface area contributed by atoms with Crippen molar-refractivity contribution in [1.29, 1.82) is 0 Å². The van der Waals surface area contributed by atoms with Gasteiger partial charge in [0, 0.05) is 40.5 Å². The fourth-order valence-electron chi connectivity index (χ4n) is 5.66. The zero-order valence-electron chi connectivity index (χ0n) is 20.3. The Kier molecular flexibility index (Phi) is 7.79. The summed E-state index contributed by atoms with van der Waals surface area (Å²) in [6.45, 7) is 0.398. The molecule has 1 aliphatic heterocycles. The van der Waals surface area contributed by atoms with E-state index in [1.165, 1.54) is 0 Å². The van der Waals surface area contributed by atoms with Crippen molar-refractivity contribution >= 4 is 35.0 Å². The lowest BCUT2D eigenvalue weighted by molar-refractivity contribution is -0.125. The number of aliphatic hydroxyl groups excluding tert-OH is 1. The van der Waals surface area contributed by atoms with Crippen molar-refractivity contribution in [3.05, 3.63) is 99.3 Å². The highest BCUT2D eigenvalue weighted by Crippen LogP contribution is 2.47. The first kappa shape index (κ1) is 25.7. The average molecular weight is 538 g/mol. The third-order valence-corrected chi connectivity index (χ3v) is 7.96. The van der Waals surface area contributed by atoms with Crippen LogP contribution in [-0.4, -0.2) is 45.5 Å². The van der Waals surface area contributed by atoms with Crippen LogP contribution >= 0.6 is 23.2 Å². The van der Waals surface area contributed by atoms with Crippen molar-refractivity contribution in [2.45, 2.75) is 56.2 Å². The van der Waals surface area contributed by atoms with Gasteiger partial charge in [0.15, 0.2) is 0 Å². The van der Waals surface area contributed by atoms with Crippen LogP contribution < -0.4 is 5.32 Å². The highest BCUT2D eigenvalue weighted by atomic mass is 35.5. The molecule has 2 N–H and O–H groups in total. The summed E-state index contributed by atoms with van der Waals surface area (Å²) in [7, 11) is 0. The number of hydrogen-bond acceptors (Lipinski definition) is 4. The molecule has 0 saturated heterocycles. The molecule has 0 spiro atoms. The first-order chi connectivity index (χ1) is 18.0. The molecule has 3 aromatic rings. The molecular formula is C29H29Cl2N3O3. The van der Waals surface area contributed by atoms with Gasteiger partial charge in [-0.2, -0.15) is 0 Å². The minimum Gasteiger partial charge on any atom is -0.391 e. The molecule has 1 aromatic heterocycles. The van der Waals surface area contributed by atoms with Crippen LogP contribution in [0.3, 0.4) is 0 Å². The second-order valence-electron chi connectivity index (χ2n) is 9.67. The summed E-state index contributed by atoms with van der Waals surface area (Å²) in [5.74, 6) is -1.12. The maximum atomic E-state index is 14.0. The number of carbonyl (C=O) groups excluding carboxylic acids is 2. The van der Waals surface area contributed by atoms with Gasteiger partial charge in [-0.3, -0.25) is 14.6 Å². The predicted molar refractivity (Wildman–Crippen MR) is 144 cm³/mol. The number of rotatable bonds is 6. The molecule has 8 heteroatoms. The van der Waals surface area contributed by atoms with Gasteiger partial charge in [-0.25, -0.2) is 0 Å². The van der Waals surface area contributed by atoms with Gasteiger partial charge in [-0.05, 0) is 54.3 Å². The largest absolute Gasteiger partial charge is 0.391 e. The molecule has 4 atom stereocenters. The van der Waals surface area contributed by atoms with E-state index in [2.05, 4.69) is 10.3 Å². The van der Waals surface area contributed by atoms with Gasteiger partial charge in [0.25, 0.3) is 5.91 Å². The number of carbonyl (C=O) groups is 2. The Hall–Kier alpha value is -2.93. The van der Waals surface area contributed by atoms with Crippen molar-refractivity contribution in [1.82, 2.24) is 15.2 Å². The zero-order valence-corrected chi connectivity index (χ0v) is 21.8. The van der Waals surface area contributed by atoms with Crippen LogP contribution in [0.4, 0.5) is 0 Å². The van der Waals surface area contributed by atoms with Crippen molar-refractivity contribution in [2.75, 3.05) is 6.54 Å². The Bertz CT molecular complexity index is 1290. The number of hydrogen-bond donors (Lipinski definition) is 2.